The summed E-state index contributed by atoms with van der Waals surface area (Å²) < 4.78 is 39.5. The Bertz CT molecular complexity index is 1030. The molecule has 7 nitrogen and oxygen atoms in total. The summed E-state index contributed by atoms with van der Waals surface area (Å²) in [7, 11) is -3.71. The third-order valence-corrected chi connectivity index (χ3v) is 7.17. The molecule has 4 rings (SSSR count). The minimum atomic E-state index is -3.71. The van der Waals surface area contributed by atoms with Crippen LogP contribution < -0.4 is 4.72 Å². The number of nitrogens with zero attached hydrogens (tertiary/aromatic N) is 1. The van der Waals surface area contributed by atoms with E-state index in [1.807, 2.05) is 13.0 Å². The van der Waals surface area contributed by atoms with Gasteiger partial charge in [-0.05, 0) is 55.3 Å². The van der Waals surface area contributed by atoms with E-state index in [0.717, 1.165) is 5.56 Å². The predicted octanol–water partition coefficient (Wildman–Crippen LogP) is 3.08. The number of rotatable bonds is 4. The lowest BCUT2D eigenvalue weighted by Gasteiger charge is -2.37. The average molecular weight is 431 g/mol. The van der Waals surface area contributed by atoms with Gasteiger partial charge in [-0.15, -0.1) is 0 Å². The first kappa shape index (κ1) is 20.8. The summed E-state index contributed by atoms with van der Waals surface area (Å²) in [5, 5.41) is 0. The van der Waals surface area contributed by atoms with E-state index < -0.39 is 15.8 Å². The van der Waals surface area contributed by atoms with Crippen molar-refractivity contribution in [2.24, 2.45) is 0 Å². The topological polar surface area (TPSA) is 84.9 Å². The molecule has 0 unspecified atom stereocenters. The highest BCUT2D eigenvalue weighted by Gasteiger charge is 2.40. The summed E-state index contributed by atoms with van der Waals surface area (Å²) in [6.07, 6.45) is 1.32. The maximum atomic E-state index is 12.8. The molecular formula is C22H26N2O5S. The van der Waals surface area contributed by atoms with Crippen molar-refractivity contribution in [1.82, 2.24) is 4.90 Å². The molecular weight excluding hydrogens is 404 g/mol. The first-order valence-corrected chi connectivity index (χ1v) is 11.5. The molecule has 2 fully saturated rings. The van der Waals surface area contributed by atoms with E-state index in [4.69, 9.17) is 9.47 Å². The Labute approximate surface area is 177 Å². The van der Waals surface area contributed by atoms with Gasteiger partial charge in [0.05, 0.1) is 18.1 Å². The Balaban J connectivity index is 1.43. The number of hydrogen-bond acceptors (Lipinski definition) is 5. The number of piperidine rings is 1. The van der Waals surface area contributed by atoms with Gasteiger partial charge in [0.15, 0.2) is 5.79 Å². The molecule has 0 aliphatic carbocycles. The molecule has 2 aromatic carbocycles. The van der Waals surface area contributed by atoms with Crippen molar-refractivity contribution in [2.45, 2.75) is 37.4 Å². The first-order valence-electron chi connectivity index (χ1n) is 10.1. The van der Waals surface area contributed by atoms with Crippen molar-refractivity contribution in [3.05, 3.63) is 59.2 Å². The molecule has 2 aliphatic heterocycles. The smallest absolute Gasteiger partial charge is 0.262 e. The number of ether oxygens (including phenoxy) is 2. The minimum absolute atomic E-state index is 0.0771. The molecule has 8 heteroatoms. The van der Waals surface area contributed by atoms with Gasteiger partial charge in [0.25, 0.3) is 15.9 Å². The quantitative estimate of drug-likeness (QED) is 0.806. The molecule has 0 atom stereocenters. The molecule has 0 saturated carbocycles. The van der Waals surface area contributed by atoms with Crippen LogP contribution in [0.15, 0.2) is 47.4 Å². The number of nitrogens with one attached hydrogen (secondary N) is 1. The van der Waals surface area contributed by atoms with Crippen LogP contribution in [0.1, 0.15) is 34.3 Å². The summed E-state index contributed by atoms with van der Waals surface area (Å²) in [6.45, 7) is 5.97. The highest BCUT2D eigenvalue weighted by molar-refractivity contribution is 7.92. The molecule has 1 spiro atoms. The van der Waals surface area contributed by atoms with E-state index in [-0.39, 0.29) is 10.8 Å². The van der Waals surface area contributed by atoms with E-state index in [1.54, 1.807) is 48.2 Å². The van der Waals surface area contributed by atoms with Crippen LogP contribution in [-0.4, -0.2) is 51.3 Å². The Morgan fingerprint density at radius 1 is 1.00 bits per heavy atom. The minimum Gasteiger partial charge on any atom is -0.347 e. The average Bonchev–Trinajstić information content (AvgIpc) is 3.18. The molecule has 1 amide bonds. The number of carbonyl (C=O) groups excluding carboxylic acids is 1. The summed E-state index contributed by atoms with van der Waals surface area (Å²) in [6, 6.07) is 11.8. The second-order valence-corrected chi connectivity index (χ2v) is 9.50. The van der Waals surface area contributed by atoms with Crippen molar-refractivity contribution < 1.29 is 22.7 Å². The normalized spacial score (nSPS) is 18.5. The fraction of sp³-hybridized carbons (Fsp3) is 0.409. The monoisotopic (exact) mass is 430 g/mol. The van der Waals surface area contributed by atoms with Crippen molar-refractivity contribution in [2.75, 3.05) is 31.0 Å². The molecule has 1 N–H and O–H groups in total. The van der Waals surface area contributed by atoms with E-state index >= 15 is 0 Å². The zero-order valence-electron chi connectivity index (χ0n) is 17.2. The number of amides is 1. The molecule has 2 aromatic rings. The Hall–Kier alpha value is -2.42. The number of carbonyl (C=O) groups is 1. The van der Waals surface area contributed by atoms with E-state index in [0.29, 0.717) is 56.0 Å². The molecule has 160 valence electrons. The number of anilines is 1. The lowest BCUT2D eigenvalue weighted by Crippen LogP contribution is -2.47. The Kier molecular flexibility index (Phi) is 5.57. The summed E-state index contributed by atoms with van der Waals surface area (Å²) >= 11 is 0. The Morgan fingerprint density at radius 2 is 1.63 bits per heavy atom. The molecule has 0 radical (unpaired) electrons. The fourth-order valence-electron chi connectivity index (χ4n) is 3.91. The predicted molar refractivity (Wildman–Crippen MR) is 113 cm³/mol. The van der Waals surface area contributed by atoms with Gasteiger partial charge >= 0.3 is 0 Å². The van der Waals surface area contributed by atoms with Gasteiger partial charge in [0, 0.05) is 37.2 Å². The Morgan fingerprint density at radius 3 is 2.27 bits per heavy atom. The van der Waals surface area contributed by atoms with Crippen molar-refractivity contribution in [1.29, 1.82) is 0 Å². The molecule has 2 saturated heterocycles. The SMILES string of the molecule is Cc1ccc(C)c(S(=O)(=O)Nc2ccc(C(=O)N3CCC4(CC3)OCCO4)cc2)c1. The standard InChI is InChI=1S/C22H26N2O5S/c1-16-3-4-17(2)20(15-16)30(26,27)23-19-7-5-18(6-8-19)21(25)24-11-9-22(10-12-24)28-13-14-29-22/h3-8,15,23H,9-14H2,1-2H3. The highest BCUT2D eigenvalue weighted by Crippen LogP contribution is 2.32. The van der Waals surface area contributed by atoms with E-state index in [2.05, 4.69) is 4.72 Å². The maximum Gasteiger partial charge on any atom is 0.262 e. The number of aryl methyl sites for hydroxylation is 2. The zero-order chi connectivity index (χ0) is 21.4. The van der Waals surface area contributed by atoms with Gasteiger partial charge in [-0.1, -0.05) is 12.1 Å². The van der Waals surface area contributed by atoms with Crippen LogP contribution in [0.3, 0.4) is 0 Å². The van der Waals surface area contributed by atoms with Crippen LogP contribution in [-0.2, 0) is 19.5 Å². The van der Waals surface area contributed by atoms with Gasteiger partial charge in [0.1, 0.15) is 0 Å². The van der Waals surface area contributed by atoms with Crippen molar-refractivity contribution in [3.63, 3.8) is 0 Å². The summed E-state index contributed by atoms with van der Waals surface area (Å²) in [5.41, 5.74) is 2.49. The third-order valence-electron chi connectivity index (χ3n) is 5.64. The molecule has 0 bridgehead atoms. The van der Waals surface area contributed by atoms with Crippen molar-refractivity contribution in [3.8, 4) is 0 Å². The third kappa shape index (κ3) is 4.21. The summed E-state index contributed by atoms with van der Waals surface area (Å²) in [4.78, 5) is 14.8. The van der Waals surface area contributed by atoms with Crippen LogP contribution in [0, 0.1) is 13.8 Å². The number of sulfonamides is 1. The molecule has 30 heavy (non-hydrogen) atoms. The summed E-state index contributed by atoms with van der Waals surface area (Å²) in [5.74, 6) is -0.598. The lowest BCUT2D eigenvalue weighted by atomic mass is 10.0. The van der Waals surface area contributed by atoms with Crippen LogP contribution >= 0.6 is 0 Å². The van der Waals surface area contributed by atoms with Crippen LogP contribution in [0.25, 0.3) is 0 Å². The number of benzene rings is 2. The van der Waals surface area contributed by atoms with Crippen LogP contribution in [0.2, 0.25) is 0 Å². The van der Waals surface area contributed by atoms with E-state index in [9.17, 15) is 13.2 Å². The highest BCUT2D eigenvalue weighted by atomic mass is 32.2. The van der Waals surface area contributed by atoms with Gasteiger partial charge in [-0.2, -0.15) is 0 Å². The lowest BCUT2D eigenvalue weighted by molar-refractivity contribution is -0.181. The number of hydrogen-bond donors (Lipinski definition) is 1. The molecule has 2 heterocycles. The molecule has 2 aliphatic rings. The van der Waals surface area contributed by atoms with Gasteiger partial charge in [0.2, 0.25) is 0 Å². The second kappa shape index (κ2) is 8.02. The fourth-order valence-corrected chi connectivity index (χ4v) is 5.30. The molecule has 0 aromatic heterocycles. The first-order chi connectivity index (χ1) is 14.3. The van der Waals surface area contributed by atoms with Crippen LogP contribution in [0.5, 0.6) is 0 Å². The van der Waals surface area contributed by atoms with Gasteiger partial charge in [-0.25, -0.2) is 8.42 Å². The van der Waals surface area contributed by atoms with Gasteiger partial charge in [-0.3, -0.25) is 9.52 Å². The number of likely N-dealkylation sites (tertiary alicyclic amines) is 1. The van der Waals surface area contributed by atoms with E-state index in [1.165, 1.54) is 0 Å². The largest absolute Gasteiger partial charge is 0.347 e. The zero-order valence-corrected chi connectivity index (χ0v) is 18.0. The maximum absolute atomic E-state index is 12.8. The van der Waals surface area contributed by atoms with Crippen LogP contribution in [0.4, 0.5) is 5.69 Å². The van der Waals surface area contributed by atoms with Crippen molar-refractivity contribution >= 4 is 21.6 Å². The van der Waals surface area contributed by atoms with Gasteiger partial charge < -0.3 is 14.4 Å². The second-order valence-electron chi connectivity index (χ2n) is 7.85.